The Kier molecular flexibility index (Phi) is 3.05. The zero-order chi connectivity index (χ0) is 15.0. The zero-order valence-electron chi connectivity index (χ0n) is 9.98. The van der Waals surface area contributed by atoms with E-state index in [1.807, 2.05) is 0 Å². The molecule has 20 heavy (non-hydrogen) atoms. The number of hydrogen-bond donors (Lipinski definition) is 4. The van der Waals surface area contributed by atoms with Crippen LogP contribution in [0.15, 0.2) is 22.1 Å². The van der Waals surface area contributed by atoms with Crippen molar-refractivity contribution in [2.24, 2.45) is 33.1 Å². The maximum absolute atomic E-state index is 11.1. The van der Waals surface area contributed by atoms with E-state index in [1.165, 1.54) is 12.1 Å². The minimum absolute atomic E-state index is 0.0498. The molecule has 11 heteroatoms. The summed E-state index contributed by atoms with van der Waals surface area (Å²) in [6.45, 7) is 0. The minimum Gasteiger partial charge on any atom is -0.350 e. The smallest absolute Gasteiger partial charge is 0.350 e. The van der Waals surface area contributed by atoms with E-state index in [-0.39, 0.29) is 22.1 Å². The van der Waals surface area contributed by atoms with E-state index in [1.54, 1.807) is 0 Å². The number of nitrogens with zero attached hydrogens (tertiary/aromatic N) is 4. The summed E-state index contributed by atoms with van der Waals surface area (Å²) in [6, 6.07) is -0.261. The molecule has 6 amide bonds. The first-order valence-corrected chi connectivity index (χ1v) is 5.15. The summed E-state index contributed by atoms with van der Waals surface area (Å²) in [5, 5.41) is 1.42. The van der Waals surface area contributed by atoms with Crippen LogP contribution in [-0.4, -0.2) is 18.1 Å². The van der Waals surface area contributed by atoms with Gasteiger partial charge < -0.3 is 11.5 Å². The number of amides is 6. The highest BCUT2D eigenvalue weighted by atomic mass is 16.2. The Morgan fingerprint density at radius 3 is 1.55 bits per heavy atom. The lowest BCUT2D eigenvalue weighted by molar-refractivity contribution is 0.252. The fourth-order valence-corrected chi connectivity index (χ4v) is 1.59. The van der Waals surface area contributed by atoms with Gasteiger partial charge in [-0.1, -0.05) is 0 Å². The van der Waals surface area contributed by atoms with Crippen molar-refractivity contribution in [1.29, 1.82) is 0 Å². The first-order valence-electron chi connectivity index (χ1n) is 5.15. The number of hydrogen-bond acceptors (Lipinski definition) is 5. The van der Waals surface area contributed by atoms with Gasteiger partial charge in [0.2, 0.25) is 0 Å². The van der Waals surface area contributed by atoms with Crippen LogP contribution in [0.1, 0.15) is 0 Å². The predicted octanol–water partition coefficient (Wildman–Crippen LogP) is -2.42. The van der Waals surface area contributed by atoms with Gasteiger partial charge in [-0.15, -0.1) is 0 Å². The number of anilines is 2. The molecule has 0 fully saturated rings. The average molecular weight is 278 g/mol. The van der Waals surface area contributed by atoms with Crippen LogP contribution < -0.4 is 43.9 Å². The van der Waals surface area contributed by atoms with Gasteiger partial charge in [0.25, 0.3) is 0 Å². The average Bonchev–Trinajstić information content (AvgIpc) is 2.74. The van der Waals surface area contributed by atoms with Gasteiger partial charge in [0.05, 0.1) is 22.1 Å². The third kappa shape index (κ3) is 2.13. The number of benzene rings is 1. The molecule has 2 rings (SSSR count). The van der Waals surface area contributed by atoms with Crippen LogP contribution in [0.25, 0.3) is 0 Å². The Bertz CT molecular complexity index is 681. The highest BCUT2D eigenvalue weighted by Gasteiger charge is 2.21. The first-order chi connectivity index (χ1) is 9.31. The largest absolute Gasteiger partial charge is 0.368 e. The van der Waals surface area contributed by atoms with E-state index >= 15 is 0 Å². The van der Waals surface area contributed by atoms with E-state index in [2.05, 4.69) is 9.98 Å². The maximum atomic E-state index is 11.1. The van der Waals surface area contributed by atoms with Crippen LogP contribution in [0.4, 0.5) is 25.8 Å². The summed E-state index contributed by atoms with van der Waals surface area (Å²) in [5.41, 5.74) is 10.0. The Labute approximate surface area is 111 Å². The standard InChI is InChI=1S/C9H10N8O3/c10-7(18)16(12)5-1-3-4(15-9(20)14-3)2-6(5)17(13)8(11)19/h1-2H,12-13H2,(H2,10,18)(H2,11,19). The van der Waals surface area contributed by atoms with Crippen LogP contribution in [-0.2, 0) is 0 Å². The van der Waals surface area contributed by atoms with Crippen molar-refractivity contribution in [2.45, 2.75) is 0 Å². The van der Waals surface area contributed by atoms with E-state index in [9.17, 15) is 14.4 Å². The third-order valence-corrected chi connectivity index (χ3v) is 2.50. The second-order valence-electron chi connectivity index (χ2n) is 3.75. The number of fused-ring (bicyclic) bond motifs is 1. The van der Waals surface area contributed by atoms with Gasteiger partial charge in [0, 0.05) is 0 Å². The minimum atomic E-state index is -1.01. The molecule has 1 heterocycles. The Morgan fingerprint density at radius 2 is 1.25 bits per heavy atom. The first kappa shape index (κ1) is 13.4. The quantitative estimate of drug-likeness (QED) is 0.265. The maximum Gasteiger partial charge on any atom is 0.368 e. The third-order valence-electron chi connectivity index (χ3n) is 2.50. The van der Waals surface area contributed by atoms with Gasteiger partial charge in [0.15, 0.2) is 0 Å². The van der Waals surface area contributed by atoms with E-state index in [0.717, 1.165) is 0 Å². The number of nitrogens with two attached hydrogens (primary N) is 4. The van der Waals surface area contributed by atoms with Crippen molar-refractivity contribution in [3.63, 3.8) is 0 Å². The lowest BCUT2D eigenvalue weighted by Gasteiger charge is -2.22. The molecule has 0 bridgehead atoms. The summed E-state index contributed by atoms with van der Waals surface area (Å²) in [4.78, 5) is 40.6. The molecule has 1 aliphatic rings. The van der Waals surface area contributed by atoms with Gasteiger partial charge in [-0.2, -0.15) is 9.98 Å². The summed E-state index contributed by atoms with van der Waals surface area (Å²) >= 11 is 0. The fraction of sp³-hybridized carbons (Fsp3) is 0. The van der Waals surface area contributed by atoms with Crippen LogP contribution >= 0.6 is 0 Å². The second kappa shape index (κ2) is 4.56. The molecular weight excluding hydrogens is 268 g/mol. The molecule has 0 saturated carbocycles. The molecule has 0 aromatic heterocycles. The van der Waals surface area contributed by atoms with Crippen molar-refractivity contribution in [3.8, 4) is 0 Å². The SMILES string of the molecule is NC(=O)N(N)c1cc2c(cc1N(N)C(N)=O)=NC(=O)N=2. The Balaban J connectivity index is 2.72. The Hall–Kier alpha value is -3.05. The molecule has 0 atom stereocenters. The molecule has 1 aromatic rings. The highest BCUT2D eigenvalue weighted by Crippen LogP contribution is 2.23. The normalized spacial score (nSPS) is 12.2. The molecule has 0 aliphatic carbocycles. The van der Waals surface area contributed by atoms with Gasteiger partial charge in [-0.25, -0.2) is 36.1 Å². The van der Waals surface area contributed by atoms with Crippen molar-refractivity contribution in [3.05, 3.63) is 22.8 Å². The molecule has 8 N–H and O–H groups in total. The second-order valence-corrected chi connectivity index (χ2v) is 3.75. The monoisotopic (exact) mass is 278 g/mol. The van der Waals surface area contributed by atoms with Crippen molar-refractivity contribution < 1.29 is 14.4 Å². The zero-order valence-corrected chi connectivity index (χ0v) is 9.98. The number of hydrazine groups is 2. The van der Waals surface area contributed by atoms with E-state index < -0.39 is 18.1 Å². The summed E-state index contributed by atoms with van der Waals surface area (Å²) in [5.74, 6) is 10.9. The summed E-state index contributed by atoms with van der Waals surface area (Å²) < 4.78 is 0. The van der Waals surface area contributed by atoms with Crippen molar-refractivity contribution >= 4 is 29.5 Å². The summed E-state index contributed by atoms with van der Waals surface area (Å²) in [6.07, 6.45) is 0. The molecule has 0 saturated heterocycles. The van der Waals surface area contributed by atoms with Gasteiger partial charge in [-0.3, -0.25) is 0 Å². The number of urea groups is 3. The number of carbonyl (C=O) groups excluding carboxylic acids is 3. The topological polar surface area (TPSA) is 186 Å². The van der Waals surface area contributed by atoms with E-state index in [4.69, 9.17) is 23.2 Å². The number of primary amides is 2. The number of rotatable bonds is 2. The van der Waals surface area contributed by atoms with Gasteiger partial charge in [0.1, 0.15) is 0 Å². The van der Waals surface area contributed by atoms with Crippen LogP contribution in [0.3, 0.4) is 0 Å². The fourth-order valence-electron chi connectivity index (χ4n) is 1.59. The molecule has 1 aromatic carbocycles. The van der Waals surface area contributed by atoms with Crippen molar-refractivity contribution in [2.75, 3.05) is 10.0 Å². The molecule has 11 nitrogen and oxygen atoms in total. The highest BCUT2D eigenvalue weighted by molar-refractivity contribution is 5.99. The molecule has 0 spiro atoms. The van der Waals surface area contributed by atoms with Gasteiger partial charge in [-0.05, 0) is 12.1 Å². The number of carbonyl (C=O) groups is 3. The predicted molar refractivity (Wildman–Crippen MR) is 66.6 cm³/mol. The van der Waals surface area contributed by atoms with Crippen LogP contribution in [0.5, 0.6) is 0 Å². The van der Waals surface area contributed by atoms with Gasteiger partial charge >= 0.3 is 18.1 Å². The summed E-state index contributed by atoms with van der Waals surface area (Å²) in [7, 11) is 0. The molecule has 1 aliphatic heterocycles. The Morgan fingerprint density at radius 1 is 0.900 bits per heavy atom. The molecule has 0 radical (unpaired) electrons. The lowest BCUT2D eigenvalue weighted by Crippen LogP contribution is -2.47. The van der Waals surface area contributed by atoms with Crippen LogP contribution in [0.2, 0.25) is 0 Å². The molecule has 0 unspecified atom stereocenters. The molecular formula is C9H10N8O3. The molecule has 104 valence electrons. The lowest BCUT2D eigenvalue weighted by atomic mass is 10.2. The van der Waals surface area contributed by atoms with E-state index in [0.29, 0.717) is 10.0 Å². The van der Waals surface area contributed by atoms with Crippen molar-refractivity contribution in [1.82, 2.24) is 0 Å². The van der Waals surface area contributed by atoms with Crippen LogP contribution in [0, 0.1) is 0 Å².